The summed E-state index contributed by atoms with van der Waals surface area (Å²) in [6.45, 7) is 0.601. The number of nitrogens with one attached hydrogen (secondary N) is 3. The van der Waals surface area contributed by atoms with Crippen LogP contribution < -0.4 is 16.0 Å². The average molecular weight is 1570 g/mol. The fourth-order valence-corrected chi connectivity index (χ4v) is 14.7. The molecule has 5 aliphatic heterocycles. The Bertz CT molecular complexity index is 2540. The van der Waals surface area contributed by atoms with E-state index in [0.717, 1.165) is 65.2 Å². The molecule has 0 aromatic heterocycles. The van der Waals surface area contributed by atoms with E-state index >= 15 is 0 Å². The molecular weight excluding hydrogens is 1440 g/mol. The van der Waals surface area contributed by atoms with Gasteiger partial charge in [0.1, 0.15) is 116 Å². The van der Waals surface area contributed by atoms with Crippen LogP contribution in [0.25, 0.3) is 0 Å². The van der Waals surface area contributed by atoms with Crippen molar-refractivity contribution in [2.24, 2.45) is 0 Å². The number of carboxylic acid groups (broad SMARTS) is 1. The predicted octanol–water partition coefficient (Wildman–Crippen LogP) is -0.262. The Morgan fingerprint density at radius 1 is 0.477 bits per heavy atom. The van der Waals surface area contributed by atoms with E-state index in [1.165, 1.54) is 122 Å². The summed E-state index contributed by atoms with van der Waals surface area (Å²) in [5.74, 6) is -7.39. The van der Waals surface area contributed by atoms with Crippen molar-refractivity contribution in [2.45, 2.75) is 398 Å². The van der Waals surface area contributed by atoms with E-state index in [2.05, 4.69) is 29.8 Å². The molecule has 5 heterocycles. The summed E-state index contributed by atoms with van der Waals surface area (Å²) >= 11 is 0. The van der Waals surface area contributed by atoms with E-state index in [9.17, 15) is 106 Å². The van der Waals surface area contributed by atoms with E-state index in [1.807, 2.05) is 6.08 Å². The van der Waals surface area contributed by atoms with Crippen molar-refractivity contribution in [3.05, 3.63) is 12.2 Å². The van der Waals surface area contributed by atoms with Crippen molar-refractivity contribution in [3.63, 3.8) is 0 Å². The maximum Gasteiger partial charge on any atom is 0.364 e. The first-order valence-electron chi connectivity index (χ1n) is 40.1. The topological polar surface area (TPSA) is 541 Å². The van der Waals surface area contributed by atoms with Gasteiger partial charge in [0.05, 0.1) is 63.9 Å². The summed E-state index contributed by atoms with van der Waals surface area (Å²) < 4.78 is 59.0. The second kappa shape index (κ2) is 51.5. The van der Waals surface area contributed by atoms with Crippen LogP contribution in [0.1, 0.15) is 227 Å². The molecule has 5 fully saturated rings. The number of allylic oxidation sites excluding steroid dienone is 1. The quantitative estimate of drug-likeness (QED) is 0.0275. The molecule has 34 heteroatoms. The number of hydrogen-bond donors (Lipinski definition) is 20. The monoisotopic (exact) mass is 1570 g/mol. The highest BCUT2D eigenvalue weighted by atomic mass is 16.8. The minimum atomic E-state index is -3.22. The van der Waals surface area contributed by atoms with E-state index in [1.54, 1.807) is 6.08 Å². The lowest BCUT2D eigenvalue weighted by Crippen LogP contribution is -2.71. The van der Waals surface area contributed by atoms with Crippen LogP contribution in [0.5, 0.6) is 0 Å². The van der Waals surface area contributed by atoms with Gasteiger partial charge in [-0.3, -0.25) is 14.4 Å². The van der Waals surface area contributed by atoms with Crippen LogP contribution >= 0.6 is 0 Å². The molecule has 636 valence electrons. The number of carboxylic acids is 1. The summed E-state index contributed by atoms with van der Waals surface area (Å²) in [7, 11) is 0. The van der Waals surface area contributed by atoms with Crippen LogP contribution in [0, 0.1) is 0 Å². The maximum absolute atomic E-state index is 13.5. The number of carbonyl (C=O) groups excluding carboxylic acids is 3. The molecule has 0 aromatic rings. The van der Waals surface area contributed by atoms with Crippen LogP contribution in [0.15, 0.2) is 12.2 Å². The number of unbranched alkanes of at least 4 members (excludes halogenated alkanes) is 27. The van der Waals surface area contributed by atoms with Gasteiger partial charge in [0.15, 0.2) is 25.2 Å². The number of aliphatic hydroxyl groups excluding tert-OH is 16. The predicted molar refractivity (Wildman–Crippen MR) is 388 cm³/mol. The molecule has 20 N–H and O–H groups in total. The largest absolute Gasteiger partial charge is 0.477 e. The number of aliphatic hydroxyl groups is 16. The van der Waals surface area contributed by atoms with Crippen molar-refractivity contribution < 1.29 is 153 Å². The van der Waals surface area contributed by atoms with E-state index < -0.39 is 235 Å². The molecule has 10 unspecified atom stereocenters. The van der Waals surface area contributed by atoms with Gasteiger partial charge in [-0.1, -0.05) is 193 Å². The van der Waals surface area contributed by atoms with Crippen molar-refractivity contribution in [1.82, 2.24) is 16.0 Å². The van der Waals surface area contributed by atoms with Crippen molar-refractivity contribution in [3.8, 4) is 0 Å². The number of aliphatic carboxylic acids is 1. The van der Waals surface area contributed by atoms with E-state index in [4.69, 9.17) is 47.4 Å². The van der Waals surface area contributed by atoms with Crippen LogP contribution in [0.4, 0.5) is 0 Å². The highest BCUT2D eigenvalue weighted by Crippen LogP contribution is 2.40. The molecule has 0 radical (unpaired) electrons. The molecule has 0 aromatic carbocycles. The van der Waals surface area contributed by atoms with E-state index in [0.29, 0.717) is 12.8 Å². The fraction of sp³-hybridized carbons (Fsp3) is 0.920. The van der Waals surface area contributed by atoms with Crippen LogP contribution in [0.2, 0.25) is 0 Å². The Hall–Kier alpha value is -3.42. The first kappa shape index (κ1) is 96.2. The highest BCUT2D eigenvalue weighted by Gasteiger charge is 2.61. The lowest BCUT2D eigenvalue weighted by atomic mass is 9.88. The number of amides is 3. The first-order chi connectivity index (χ1) is 52.3. The van der Waals surface area contributed by atoms with Gasteiger partial charge < -0.3 is 150 Å². The van der Waals surface area contributed by atoms with Gasteiger partial charge in [-0.05, 0) is 19.3 Å². The average Bonchev–Trinajstić information content (AvgIpc) is 0.758. The van der Waals surface area contributed by atoms with Gasteiger partial charge in [-0.2, -0.15) is 0 Å². The van der Waals surface area contributed by atoms with Gasteiger partial charge in [0.2, 0.25) is 17.7 Å². The van der Waals surface area contributed by atoms with Gasteiger partial charge in [0.25, 0.3) is 5.79 Å². The normalized spacial score (nSPS) is 34.2. The third-order valence-electron chi connectivity index (χ3n) is 21.1. The molecule has 5 rings (SSSR count). The van der Waals surface area contributed by atoms with Crippen LogP contribution in [-0.4, -0.2) is 321 Å². The summed E-state index contributed by atoms with van der Waals surface area (Å²) in [6, 6.07) is -4.65. The lowest BCUT2D eigenvalue weighted by Gasteiger charge is -2.51. The zero-order valence-electron chi connectivity index (χ0n) is 64.2. The SMILES string of the molecule is CCCCCCCCCCCCC/C=C/[C@@H](O)[C@H](CO[C@@H]1OC(CO)[C@@H](O[C@@H]2OC(CO)[C@H](O)[C@H](O[C@@H]3OC(CO)[C@@H](O)[C@H](O[C@@H]4OC(CO)[C@H](O)[C@H](O[C@]5(C(=O)O)CC(O)[C@@H](NC(C)=O)C([C@H](O)[C@H](O)CO)O5)C4O)C3NC(C)=O)C2O)[C@H](O)C1O)NC(=O)CCCCCCCCCCCCCCCCCCC. The Morgan fingerprint density at radius 2 is 0.890 bits per heavy atom. The molecule has 3 amide bonds. The minimum Gasteiger partial charge on any atom is -0.477 e. The fourth-order valence-electron chi connectivity index (χ4n) is 14.7. The van der Waals surface area contributed by atoms with Crippen molar-refractivity contribution in [2.75, 3.05) is 39.6 Å². The lowest BCUT2D eigenvalue weighted by molar-refractivity contribution is -0.389. The second-order valence-electron chi connectivity index (χ2n) is 30.0. The zero-order chi connectivity index (χ0) is 80.2. The molecule has 5 aliphatic rings. The Labute approximate surface area is 640 Å². The molecule has 0 saturated carbocycles. The summed E-state index contributed by atoms with van der Waals surface area (Å²) in [6.07, 6.45) is -12.4. The van der Waals surface area contributed by atoms with Gasteiger partial charge in [0, 0.05) is 26.7 Å². The molecular formula is C75H135N3O31. The van der Waals surface area contributed by atoms with Crippen molar-refractivity contribution >= 4 is 23.7 Å². The standard InChI is InChI=1S/C75H135N3O31/c1-5-7-9-11-13-15-17-19-20-21-22-24-26-28-30-32-34-36-54(89)78-46(47(86)35-33-31-29-27-25-23-18-16-14-12-10-8-6-2)43-100-71-62(95)61(94)65(53(42-83)104-71)105-72-63(96)68(59(92)51(40-81)102-72)107-70-56(77-45(4)85)66(58(91)50(39-80)101-70)106-73-64(97)69(60(93)52(41-82)103-73)109-75(74(98)99)37-48(87)55(76-44(3)84)67(108-75)57(90)49(88)38-79/h33,35,46-53,55-73,79-83,86-88,90-97H,5-32,34,36-43H2,1-4H3,(H,76,84)(H,77,85)(H,78,89)(H,98,99)/b35-33+/t46-,47+,48?,49+,50?,51?,52?,53?,55+,56?,57+,58+,59-,60-,61+,62?,63?,64?,65+,66+,67?,68-,69-,70-,71+,72-,73-,75-/m0/s1. The molecule has 0 bridgehead atoms. The number of hydrogen-bond acceptors (Lipinski definition) is 30. The highest BCUT2D eigenvalue weighted by molar-refractivity contribution is 5.77. The number of ether oxygens (including phenoxy) is 10. The van der Waals surface area contributed by atoms with Crippen molar-refractivity contribution in [1.29, 1.82) is 0 Å². The molecule has 5 saturated heterocycles. The Kier molecular flexibility index (Phi) is 45.5. The second-order valence-corrected chi connectivity index (χ2v) is 30.0. The first-order valence-corrected chi connectivity index (χ1v) is 40.1. The summed E-state index contributed by atoms with van der Waals surface area (Å²) in [5.41, 5.74) is 0. The summed E-state index contributed by atoms with van der Waals surface area (Å²) in [4.78, 5) is 52.0. The minimum absolute atomic E-state index is 0.169. The van der Waals surface area contributed by atoms with Gasteiger partial charge in [-0.15, -0.1) is 0 Å². The molecule has 28 atom stereocenters. The van der Waals surface area contributed by atoms with Crippen LogP contribution in [-0.2, 0) is 66.5 Å². The smallest absolute Gasteiger partial charge is 0.364 e. The summed E-state index contributed by atoms with van der Waals surface area (Å²) in [5, 5.41) is 197. The molecule has 0 spiro atoms. The Balaban J connectivity index is 1.27. The third-order valence-corrected chi connectivity index (χ3v) is 21.1. The molecule has 109 heavy (non-hydrogen) atoms. The molecule has 34 nitrogen and oxygen atoms in total. The molecule has 0 aliphatic carbocycles. The maximum atomic E-state index is 13.5. The number of rotatable bonds is 54. The zero-order valence-corrected chi connectivity index (χ0v) is 64.2. The number of carbonyl (C=O) groups is 4. The Morgan fingerprint density at radius 3 is 1.36 bits per heavy atom. The van der Waals surface area contributed by atoms with E-state index in [-0.39, 0.29) is 12.3 Å². The van der Waals surface area contributed by atoms with Gasteiger partial charge >= 0.3 is 5.97 Å². The van der Waals surface area contributed by atoms with Gasteiger partial charge in [-0.25, -0.2) is 4.79 Å². The van der Waals surface area contributed by atoms with Crippen LogP contribution in [0.3, 0.4) is 0 Å². The third kappa shape index (κ3) is 30.3.